The number of nitrogens with zero attached hydrogens (tertiary/aromatic N) is 4. The van der Waals surface area contributed by atoms with Crippen LogP contribution in [0.5, 0.6) is 11.6 Å². The van der Waals surface area contributed by atoms with Gasteiger partial charge in [0.1, 0.15) is 5.75 Å². The fraction of sp³-hybridized carbons (Fsp3) is 0.0952. The minimum atomic E-state index is -0.747. The lowest BCUT2D eigenvalue weighted by Crippen LogP contribution is -2.38. The molecule has 2 aromatic carbocycles. The molecule has 0 saturated heterocycles. The largest absolute Gasteiger partial charge is 0.438 e. The Morgan fingerprint density at radius 2 is 1.97 bits per heavy atom. The van der Waals surface area contributed by atoms with Crippen molar-refractivity contribution in [3.05, 3.63) is 72.2 Å². The molecule has 8 nitrogen and oxygen atoms in total. The number of benzene rings is 2. The van der Waals surface area contributed by atoms with Gasteiger partial charge in [-0.25, -0.2) is 4.98 Å². The average Bonchev–Trinajstić information content (AvgIpc) is 3.18. The summed E-state index contributed by atoms with van der Waals surface area (Å²) in [4.78, 5) is 34.4. The third-order valence-electron chi connectivity index (χ3n) is 4.42. The van der Waals surface area contributed by atoms with Gasteiger partial charge in [0.25, 0.3) is 0 Å². The standard InChI is InChI=1S/C21H15N5O3/c22-12-14-1-2-15-7-10-26(18(15)11-14)21(28)20(27)25-16-3-5-17(6-4-16)29-19-13-23-8-9-24-19/h1-6,8-9,11,13H,7,10H2,(H,25,27). The van der Waals surface area contributed by atoms with Crippen LogP contribution in [0.15, 0.2) is 61.1 Å². The number of fused-ring (bicyclic) bond motifs is 1. The molecule has 1 aliphatic rings. The molecule has 1 aliphatic heterocycles. The van der Waals surface area contributed by atoms with E-state index < -0.39 is 11.8 Å². The van der Waals surface area contributed by atoms with E-state index in [-0.39, 0.29) is 0 Å². The Bertz CT molecular complexity index is 1110. The first kappa shape index (κ1) is 18.1. The monoisotopic (exact) mass is 385 g/mol. The Balaban J connectivity index is 1.42. The SMILES string of the molecule is N#Cc1ccc2c(c1)N(C(=O)C(=O)Nc1ccc(Oc3cnccn3)cc1)CC2. The van der Waals surface area contributed by atoms with E-state index >= 15 is 0 Å². The Labute approximate surface area is 166 Å². The Morgan fingerprint density at radius 1 is 1.14 bits per heavy atom. The van der Waals surface area contributed by atoms with E-state index in [0.29, 0.717) is 41.5 Å². The minimum Gasteiger partial charge on any atom is -0.438 e. The van der Waals surface area contributed by atoms with Gasteiger partial charge in [-0.1, -0.05) is 6.07 Å². The van der Waals surface area contributed by atoms with Gasteiger partial charge >= 0.3 is 11.8 Å². The van der Waals surface area contributed by atoms with Gasteiger partial charge in [0.2, 0.25) is 5.88 Å². The van der Waals surface area contributed by atoms with Crippen molar-refractivity contribution in [2.75, 3.05) is 16.8 Å². The van der Waals surface area contributed by atoms with Crippen LogP contribution in [-0.2, 0) is 16.0 Å². The highest BCUT2D eigenvalue weighted by atomic mass is 16.5. The molecule has 29 heavy (non-hydrogen) atoms. The zero-order chi connectivity index (χ0) is 20.2. The van der Waals surface area contributed by atoms with Gasteiger partial charge < -0.3 is 15.0 Å². The Morgan fingerprint density at radius 3 is 2.69 bits per heavy atom. The molecule has 0 aliphatic carbocycles. The van der Waals surface area contributed by atoms with Crippen LogP contribution in [0.3, 0.4) is 0 Å². The number of nitriles is 1. The summed E-state index contributed by atoms with van der Waals surface area (Å²) in [5, 5.41) is 11.7. The summed E-state index contributed by atoms with van der Waals surface area (Å²) in [6, 6.07) is 13.8. The summed E-state index contributed by atoms with van der Waals surface area (Å²) >= 11 is 0. The van der Waals surface area contributed by atoms with Crippen molar-refractivity contribution in [1.29, 1.82) is 5.26 Å². The van der Waals surface area contributed by atoms with Crippen LogP contribution in [-0.4, -0.2) is 28.3 Å². The molecule has 0 bridgehead atoms. The number of rotatable bonds is 3. The zero-order valence-electron chi connectivity index (χ0n) is 15.2. The lowest BCUT2D eigenvalue weighted by Gasteiger charge is -2.17. The summed E-state index contributed by atoms with van der Waals surface area (Å²) < 4.78 is 5.54. The second-order valence-corrected chi connectivity index (χ2v) is 6.29. The van der Waals surface area contributed by atoms with E-state index in [9.17, 15) is 9.59 Å². The van der Waals surface area contributed by atoms with Crippen molar-refractivity contribution in [1.82, 2.24) is 9.97 Å². The molecule has 4 rings (SSSR count). The van der Waals surface area contributed by atoms with E-state index in [1.165, 1.54) is 17.3 Å². The van der Waals surface area contributed by atoms with Crippen molar-refractivity contribution < 1.29 is 14.3 Å². The van der Waals surface area contributed by atoms with Crippen LogP contribution >= 0.6 is 0 Å². The highest BCUT2D eigenvalue weighted by molar-refractivity contribution is 6.44. The van der Waals surface area contributed by atoms with Crippen LogP contribution in [0.25, 0.3) is 0 Å². The predicted molar refractivity (Wildman–Crippen MR) is 104 cm³/mol. The van der Waals surface area contributed by atoms with Gasteiger partial charge in [0, 0.05) is 30.3 Å². The van der Waals surface area contributed by atoms with Crippen LogP contribution < -0.4 is 15.0 Å². The summed E-state index contributed by atoms with van der Waals surface area (Å²) in [5.74, 6) is -0.544. The topological polar surface area (TPSA) is 108 Å². The molecular weight excluding hydrogens is 370 g/mol. The normalized spacial score (nSPS) is 12.0. The first-order chi connectivity index (χ1) is 14.1. The van der Waals surface area contributed by atoms with Crippen LogP contribution in [0.1, 0.15) is 11.1 Å². The van der Waals surface area contributed by atoms with Crippen molar-refractivity contribution in [3.8, 4) is 17.7 Å². The summed E-state index contributed by atoms with van der Waals surface area (Å²) in [7, 11) is 0. The fourth-order valence-electron chi connectivity index (χ4n) is 3.03. The minimum absolute atomic E-state index is 0.351. The first-order valence-electron chi connectivity index (χ1n) is 8.84. The Kier molecular flexibility index (Phi) is 4.86. The smallest absolute Gasteiger partial charge is 0.316 e. The Hall–Kier alpha value is -4.25. The second-order valence-electron chi connectivity index (χ2n) is 6.29. The van der Waals surface area contributed by atoms with Gasteiger partial charge in [-0.2, -0.15) is 5.26 Å². The van der Waals surface area contributed by atoms with Gasteiger partial charge in [0.05, 0.1) is 17.8 Å². The third-order valence-corrected chi connectivity index (χ3v) is 4.42. The van der Waals surface area contributed by atoms with Crippen LogP contribution in [0.4, 0.5) is 11.4 Å². The summed E-state index contributed by atoms with van der Waals surface area (Å²) in [5.41, 5.74) is 2.45. The van der Waals surface area contributed by atoms with Gasteiger partial charge in [0.15, 0.2) is 0 Å². The fourth-order valence-corrected chi connectivity index (χ4v) is 3.03. The lowest BCUT2D eigenvalue weighted by atomic mass is 10.1. The molecule has 3 aromatic rings. The highest BCUT2D eigenvalue weighted by Gasteiger charge is 2.29. The summed E-state index contributed by atoms with van der Waals surface area (Å²) in [6.45, 7) is 0.404. The second kappa shape index (κ2) is 7.78. The number of hydrogen-bond donors (Lipinski definition) is 1. The van der Waals surface area contributed by atoms with Crippen LogP contribution in [0.2, 0.25) is 0 Å². The van der Waals surface area contributed by atoms with E-state index in [1.807, 2.05) is 12.1 Å². The molecule has 142 valence electrons. The molecule has 2 amide bonds. The molecule has 1 aromatic heterocycles. The highest BCUT2D eigenvalue weighted by Crippen LogP contribution is 2.29. The van der Waals surface area contributed by atoms with Crippen LogP contribution in [0, 0.1) is 11.3 Å². The number of aromatic nitrogens is 2. The molecule has 2 heterocycles. The van der Waals surface area contributed by atoms with E-state index in [0.717, 1.165) is 5.56 Å². The predicted octanol–water partition coefficient (Wildman–Crippen LogP) is 2.67. The molecule has 0 unspecified atom stereocenters. The van der Waals surface area contributed by atoms with E-state index in [2.05, 4.69) is 15.3 Å². The van der Waals surface area contributed by atoms with Crippen molar-refractivity contribution in [3.63, 3.8) is 0 Å². The molecule has 8 heteroatoms. The van der Waals surface area contributed by atoms with Gasteiger partial charge in [-0.15, -0.1) is 0 Å². The maximum Gasteiger partial charge on any atom is 0.316 e. The third kappa shape index (κ3) is 3.89. The molecule has 0 fully saturated rings. The molecule has 0 radical (unpaired) electrons. The maximum atomic E-state index is 12.6. The number of nitrogens with one attached hydrogen (secondary N) is 1. The number of hydrogen-bond acceptors (Lipinski definition) is 6. The van der Waals surface area contributed by atoms with Gasteiger partial charge in [-0.05, 0) is 48.4 Å². The average molecular weight is 385 g/mol. The molecule has 0 atom stereocenters. The van der Waals surface area contributed by atoms with Crippen molar-refractivity contribution in [2.45, 2.75) is 6.42 Å². The number of amides is 2. The number of ether oxygens (including phenoxy) is 1. The maximum absolute atomic E-state index is 12.6. The van der Waals surface area contributed by atoms with Crippen molar-refractivity contribution >= 4 is 23.2 Å². The lowest BCUT2D eigenvalue weighted by molar-refractivity contribution is -0.134. The van der Waals surface area contributed by atoms with E-state index in [4.69, 9.17) is 10.00 Å². The summed E-state index contributed by atoms with van der Waals surface area (Å²) in [6.07, 6.45) is 5.20. The number of carbonyl (C=O) groups excluding carboxylic acids is 2. The molecular formula is C21H15N5O3. The number of anilines is 2. The van der Waals surface area contributed by atoms with Gasteiger partial charge in [-0.3, -0.25) is 14.6 Å². The first-order valence-corrected chi connectivity index (χ1v) is 8.84. The van der Waals surface area contributed by atoms with Crippen molar-refractivity contribution in [2.24, 2.45) is 0 Å². The zero-order valence-corrected chi connectivity index (χ0v) is 15.2. The molecule has 1 N–H and O–H groups in total. The number of carbonyl (C=O) groups is 2. The molecule has 0 spiro atoms. The molecule has 0 saturated carbocycles. The quantitative estimate of drug-likeness (QED) is 0.695. The van der Waals surface area contributed by atoms with E-state index in [1.54, 1.807) is 42.6 Å².